The average Bonchev–Trinajstić information content (AvgIpc) is 3.37. The predicted molar refractivity (Wildman–Crippen MR) is 121 cm³/mol. The number of esters is 1. The maximum atomic E-state index is 12.3. The van der Waals surface area contributed by atoms with Gasteiger partial charge in [-0.3, -0.25) is 0 Å². The van der Waals surface area contributed by atoms with Gasteiger partial charge in [-0.2, -0.15) is 5.26 Å². The molecule has 0 radical (unpaired) electrons. The van der Waals surface area contributed by atoms with Gasteiger partial charge < -0.3 is 29.4 Å². The van der Waals surface area contributed by atoms with E-state index in [9.17, 15) is 10.1 Å². The summed E-state index contributed by atoms with van der Waals surface area (Å²) in [6, 6.07) is 14.1. The molecule has 3 aromatic rings. The van der Waals surface area contributed by atoms with Gasteiger partial charge in [0.15, 0.2) is 11.5 Å². The molecule has 1 aliphatic heterocycles. The average molecular weight is 464 g/mol. The fourth-order valence-corrected chi connectivity index (χ4v) is 4.26. The Balaban J connectivity index is 1.79. The lowest BCUT2D eigenvalue weighted by Gasteiger charge is -2.27. The molecule has 0 aliphatic carbocycles. The Bertz CT molecular complexity index is 1250. The van der Waals surface area contributed by atoms with Gasteiger partial charge in [0.2, 0.25) is 11.6 Å². The number of methoxy groups -OCH3 is 3. The van der Waals surface area contributed by atoms with Gasteiger partial charge in [-0.1, -0.05) is 12.1 Å². The van der Waals surface area contributed by atoms with Crippen LogP contribution in [0.15, 0.2) is 59.3 Å². The van der Waals surface area contributed by atoms with E-state index in [1.165, 1.54) is 32.7 Å². The van der Waals surface area contributed by atoms with Gasteiger partial charge in [-0.25, -0.2) is 4.79 Å². The lowest BCUT2D eigenvalue weighted by atomic mass is 9.83. The first-order valence-electron chi connectivity index (χ1n) is 9.77. The summed E-state index contributed by atoms with van der Waals surface area (Å²) >= 11 is 1.29. The third-order valence-corrected chi connectivity index (χ3v) is 5.99. The molecule has 1 unspecified atom stereocenters. The van der Waals surface area contributed by atoms with Crippen molar-refractivity contribution in [1.82, 2.24) is 0 Å². The molecule has 0 saturated carbocycles. The second-order valence-corrected chi connectivity index (χ2v) is 7.90. The summed E-state index contributed by atoms with van der Waals surface area (Å²) in [6.45, 7) is 0. The van der Waals surface area contributed by atoms with Crippen molar-refractivity contribution in [2.45, 2.75) is 5.92 Å². The van der Waals surface area contributed by atoms with Gasteiger partial charge >= 0.3 is 5.97 Å². The highest BCUT2D eigenvalue weighted by Crippen LogP contribution is 2.47. The zero-order chi connectivity index (χ0) is 23.5. The molecule has 0 spiro atoms. The van der Waals surface area contributed by atoms with Gasteiger partial charge in [0.25, 0.3) is 0 Å². The van der Waals surface area contributed by atoms with Crippen molar-refractivity contribution in [3.05, 3.63) is 75.3 Å². The van der Waals surface area contributed by atoms with E-state index in [0.29, 0.717) is 44.8 Å². The van der Waals surface area contributed by atoms with E-state index in [-0.39, 0.29) is 11.5 Å². The largest absolute Gasteiger partial charge is 0.493 e. The molecule has 1 aromatic heterocycles. The molecular formula is C24H20N2O6S. The van der Waals surface area contributed by atoms with E-state index in [4.69, 9.17) is 29.4 Å². The molecule has 4 rings (SSSR count). The number of carbonyl (C=O) groups is 1. The van der Waals surface area contributed by atoms with Gasteiger partial charge in [-0.15, -0.1) is 11.3 Å². The summed E-state index contributed by atoms with van der Waals surface area (Å²) in [5, 5.41) is 11.6. The molecule has 0 saturated heterocycles. The molecule has 0 fully saturated rings. The topological polar surface area (TPSA) is 113 Å². The number of thiophene rings is 1. The number of rotatable bonds is 6. The fourth-order valence-electron chi connectivity index (χ4n) is 3.66. The van der Waals surface area contributed by atoms with Crippen LogP contribution in [0.4, 0.5) is 0 Å². The number of ether oxygens (including phenoxy) is 5. The SMILES string of the molecule is COc1cc(C2C(C#N)=C(N)Oc3cc(OC(=O)c4cccs4)ccc32)cc(OC)c1OC. The van der Waals surface area contributed by atoms with Crippen LogP contribution >= 0.6 is 11.3 Å². The van der Waals surface area contributed by atoms with Crippen molar-refractivity contribution in [2.24, 2.45) is 5.73 Å². The summed E-state index contributed by atoms with van der Waals surface area (Å²) in [5.74, 6) is 0.922. The minimum atomic E-state index is -0.561. The Hall–Kier alpha value is -4.16. The van der Waals surface area contributed by atoms with Gasteiger partial charge in [0, 0.05) is 11.6 Å². The first-order chi connectivity index (χ1) is 16.0. The van der Waals surface area contributed by atoms with Crippen molar-refractivity contribution in [1.29, 1.82) is 5.26 Å². The van der Waals surface area contributed by atoms with Crippen molar-refractivity contribution >= 4 is 17.3 Å². The second-order valence-electron chi connectivity index (χ2n) is 6.95. The van der Waals surface area contributed by atoms with Crippen LogP contribution in [0.3, 0.4) is 0 Å². The first-order valence-corrected chi connectivity index (χ1v) is 10.7. The van der Waals surface area contributed by atoms with Crippen molar-refractivity contribution in [2.75, 3.05) is 21.3 Å². The molecule has 2 aromatic carbocycles. The number of hydrogen-bond acceptors (Lipinski definition) is 9. The van der Waals surface area contributed by atoms with E-state index in [1.54, 1.807) is 47.8 Å². The number of nitriles is 1. The molecule has 0 amide bonds. The maximum absolute atomic E-state index is 12.3. The van der Waals surface area contributed by atoms with Crippen molar-refractivity contribution in [3.63, 3.8) is 0 Å². The molecule has 8 nitrogen and oxygen atoms in total. The number of benzene rings is 2. The van der Waals surface area contributed by atoms with E-state index in [0.717, 1.165) is 0 Å². The van der Waals surface area contributed by atoms with Gasteiger partial charge in [0.1, 0.15) is 28.0 Å². The molecular weight excluding hydrogens is 444 g/mol. The summed E-state index contributed by atoms with van der Waals surface area (Å²) in [6.07, 6.45) is 0. The van der Waals surface area contributed by atoms with Gasteiger partial charge in [-0.05, 0) is 35.2 Å². The van der Waals surface area contributed by atoms with Crippen LogP contribution in [-0.4, -0.2) is 27.3 Å². The molecule has 33 heavy (non-hydrogen) atoms. The van der Waals surface area contributed by atoms with E-state index in [1.807, 2.05) is 0 Å². The highest BCUT2D eigenvalue weighted by Gasteiger charge is 2.32. The molecule has 9 heteroatoms. The molecule has 2 N–H and O–H groups in total. The monoisotopic (exact) mass is 464 g/mol. The predicted octanol–water partition coefficient (Wildman–Crippen LogP) is 4.21. The molecule has 1 atom stereocenters. The lowest BCUT2D eigenvalue weighted by molar-refractivity contribution is 0.0739. The van der Waals surface area contributed by atoms with Crippen LogP contribution in [0.2, 0.25) is 0 Å². The fraction of sp³-hybridized carbons (Fsp3) is 0.167. The molecule has 2 heterocycles. The second kappa shape index (κ2) is 9.14. The Labute approximate surface area is 194 Å². The standard InChI is InChI=1S/C24H20N2O6S/c1-28-18-9-13(10-19(29-2)22(18)30-3)21-15-7-6-14(31-24(27)20-5-4-8-33-20)11-17(15)32-23(26)16(21)12-25/h4-11,21H,26H2,1-3H3. The highest BCUT2D eigenvalue weighted by molar-refractivity contribution is 7.12. The molecule has 1 aliphatic rings. The van der Waals surface area contributed by atoms with E-state index < -0.39 is 11.9 Å². The number of fused-ring (bicyclic) bond motifs is 1. The minimum Gasteiger partial charge on any atom is -0.493 e. The smallest absolute Gasteiger partial charge is 0.353 e. The number of hydrogen-bond donors (Lipinski definition) is 1. The summed E-state index contributed by atoms with van der Waals surface area (Å²) in [7, 11) is 4.55. The highest BCUT2D eigenvalue weighted by atomic mass is 32.1. The summed E-state index contributed by atoms with van der Waals surface area (Å²) in [4.78, 5) is 12.8. The zero-order valence-corrected chi connectivity index (χ0v) is 18.9. The maximum Gasteiger partial charge on any atom is 0.353 e. The van der Waals surface area contributed by atoms with Crippen molar-refractivity contribution < 1.29 is 28.5 Å². The quantitative estimate of drug-likeness (QED) is 0.426. The third kappa shape index (κ3) is 4.04. The lowest BCUT2D eigenvalue weighted by Crippen LogP contribution is -2.21. The molecule has 168 valence electrons. The Kier molecular flexibility index (Phi) is 6.11. The van der Waals surface area contributed by atoms with Crippen molar-refractivity contribution in [3.8, 4) is 34.8 Å². The van der Waals surface area contributed by atoms with Crippen LogP contribution in [0, 0.1) is 11.3 Å². The summed E-state index contributed by atoms with van der Waals surface area (Å²) in [5.41, 5.74) is 7.70. The number of allylic oxidation sites excluding steroid dienone is 1. The Morgan fingerprint density at radius 2 is 1.82 bits per heavy atom. The Morgan fingerprint density at radius 1 is 1.09 bits per heavy atom. The third-order valence-electron chi connectivity index (χ3n) is 5.14. The summed E-state index contributed by atoms with van der Waals surface area (Å²) < 4.78 is 27.5. The van der Waals surface area contributed by atoms with Crippen LogP contribution in [0.5, 0.6) is 28.7 Å². The number of nitrogens with zero attached hydrogens (tertiary/aromatic N) is 1. The van der Waals surface area contributed by atoms with Crippen LogP contribution in [-0.2, 0) is 0 Å². The van der Waals surface area contributed by atoms with E-state index >= 15 is 0 Å². The zero-order valence-electron chi connectivity index (χ0n) is 18.1. The number of nitrogens with two attached hydrogens (primary N) is 1. The van der Waals surface area contributed by atoms with Crippen LogP contribution in [0.1, 0.15) is 26.7 Å². The van der Waals surface area contributed by atoms with Crippen LogP contribution in [0.25, 0.3) is 0 Å². The minimum absolute atomic E-state index is 0.0366. The molecule has 0 bridgehead atoms. The van der Waals surface area contributed by atoms with Gasteiger partial charge in [0.05, 0.1) is 27.2 Å². The number of carbonyl (C=O) groups excluding carboxylic acids is 1. The van der Waals surface area contributed by atoms with E-state index in [2.05, 4.69) is 6.07 Å². The normalized spacial score (nSPS) is 14.5. The Morgan fingerprint density at radius 3 is 2.39 bits per heavy atom. The first kappa shape index (κ1) is 22.0. The van der Waals surface area contributed by atoms with Crippen LogP contribution < -0.4 is 29.4 Å².